The molecule has 1 aromatic rings. The minimum atomic E-state index is 0.658. The molecule has 0 aliphatic carbocycles. The Hall–Kier alpha value is -1.83. The van der Waals surface area contributed by atoms with Gasteiger partial charge in [0, 0.05) is 5.69 Å². The first-order valence-corrected chi connectivity index (χ1v) is 4.86. The van der Waals surface area contributed by atoms with E-state index in [0.717, 1.165) is 5.69 Å². The van der Waals surface area contributed by atoms with Crippen LogP contribution in [0.25, 0.3) is 5.57 Å². The Morgan fingerprint density at radius 3 is 2.67 bits per heavy atom. The molecule has 0 heterocycles. The molecule has 0 aliphatic heterocycles. The maximum absolute atomic E-state index is 5.61. The first kappa shape index (κ1) is 11.2. The number of allylic oxidation sites excluding steroid dienone is 3. The van der Waals surface area contributed by atoms with Crippen molar-refractivity contribution in [3.8, 4) is 0 Å². The highest BCUT2D eigenvalue weighted by molar-refractivity contribution is 5.66. The van der Waals surface area contributed by atoms with E-state index in [-0.39, 0.29) is 0 Å². The van der Waals surface area contributed by atoms with Crippen molar-refractivity contribution < 1.29 is 0 Å². The molecule has 1 aromatic carbocycles. The molecular weight excluding hydrogens is 184 g/mol. The van der Waals surface area contributed by atoms with E-state index >= 15 is 0 Å². The molecule has 15 heavy (non-hydrogen) atoms. The van der Waals surface area contributed by atoms with Crippen LogP contribution in [-0.2, 0) is 0 Å². The molecule has 0 radical (unpaired) electrons. The highest BCUT2D eigenvalue weighted by Crippen LogP contribution is 2.15. The third-order valence-corrected chi connectivity index (χ3v) is 2.08. The normalized spacial score (nSPS) is 11.9. The van der Waals surface area contributed by atoms with Gasteiger partial charge in [-0.1, -0.05) is 30.4 Å². The Kier molecular flexibility index (Phi) is 4.35. The summed E-state index contributed by atoms with van der Waals surface area (Å²) in [6.07, 6.45) is 6.00. The van der Waals surface area contributed by atoms with E-state index in [2.05, 4.69) is 24.7 Å². The van der Waals surface area contributed by atoms with Crippen LogP contribution in [0.5, 0.6) is 0 Å². The number of rotatable bonds is 4. The second-order valence-electron chi connectivity index (χ2n) is 3.31. The van der Waals surface area contributed by atoms with Gasteiger partial charge in [-0.2, -0.15) is 0 Å². The molecule has 0 aromatic heterocycles. The standard InChI is InChI=1S/C13H16N2/c1-11(5-3-4-10-15-2)12-6-8-13(14)9-7-12/h3-9H,2,10,14H2,1H3/b4-3-,11-5+. The summed E-state index contributed by atoms with van der Waals surface area (Å²) in [7, 11) is 0. The molecular formula is C13H16N2. The van der Waals surface area contributed by atoms with Crippen molar-refractivity contribution in [1.29, 1.82) is 0 Å². The third kappa shape index (κ3) is 3.81. The fourth-order valence-corrected chi connectivity index (χ4v) is 1.19. The van der Waals surface area contributed by atoms with Gasteiger partial charge >= 0.3 is 0 Å². The second kappa shape index (κ2) is 5.81. The van der Waals surface area contributed by atoms with Crippen LogP contribution in [0.1, 0.15) is 12.5 Å². The quantitative estimate of drug-likeness (QED) is 0.453. The summed E-state index contributed by atoms with van der Waals surface area (Å²) in [6.45, 7) is 6.13. The predicted molar refractivity (Wildman–Crippen MR) is 68.1 cm³/mol. The van der Waals surface area contributed by atoms with Crippen molar-refractivity contribution in [1.82, 2.24) is 0 Å². The number of anilines is 1. The van der Waals surface area contributed by atoms with Gasteiger partial charge in [0.25, 0.3) is 0 Å². The Balaban J connectivity index is 2.71. The predicted octanol–water partition coefficient (Wildman–Crippen LogP) is 2.93. The van der Waals surface area contributed by atoms with Gasteiger partial charge in [0.05, 0.1) is 6.54 Å². The zero-order valence-corrected chi connectivity index (χ0v) is 8.98. The summed E-state index contributed by atoms with van der Waals surface area (Å²) in [5.41, 5.74) is 8.79. The molecule has 0 saturated heterocycles. The van der Waals surface area contributed by atoms with Gasteiger partial charge in [-0.25, -0.2) is 0 Å². The number of benzene rings is 1. The van der Waals surface area contributed by atoms with Crippen LogP contribution in [-0.4, -0.2) is 13.3 Å². The highest BCUT2D eigenvalue weighted by Gasteiger charge is 1.92. The lowest BCUT2D eigenvalue weighted by Crippen LogP contribution is -1.84. The van der Waals surface area contributed by atoms with Crippen LogP contribution in [0, 0.1) is 0 Å². The zero-order chi connectivity index (χ0) is 11.1. The van der Waals surface area contributed by atoms with Gasteiger partial charge in [-0.3, -0.25) is 4.99 Å². The fourth-order valence-electron chi connectivity index (χ4n) is 1.19. The lowest BCUT2D eigenvalue weighted by molar-refractivity contribution is 1.27. The highest BCUT2D eigenvalue weighted by atomic mass is 14.6. The first-order chi connectivity index (χ1) is 7.24. The van der Waals surface area contributed by atoms with E-state index in [1.54, 1.807) is 0 Å². The topological polar surface area (TPSA) is 38.4 Å². The summed E-state index contributed by atoms with van der Waals surface area (Å²) in [4.78, 5) is 3.73. The smallest absolute Gasteiger partial charge is 0.0566 e. The van der Waals surface area contributed by atoms with Gasteiger partial charge in [-0.15, -0.1) is 0 Å². The summed E-state index contributed by atoms with van der Waals surface area (Å²) >= 11 is 0. The molecule has 2 nitrogen and oxygen atoms in total. The fraction of sp³-hybridized carbons (Fsp3) is 0.154. The van der Waals surface area contributed by atoms with Crippen molar-refractivity contribution in [2.24, 2.45) is 4.99 Å². The molecule has 0 aliphatic rings. The van der Waals surface area contributed by atoms with E-state index in [1.807, 2.05) is 36.4 Å². The molecule has 1 rings (SSSR count). The van der Waals surface area contributed by atoms with E-state index in [1.165, 1.54) is 11.1 Å². The number of nitrogen functional groups attached to an aromatic ring is 1. The molecule has 0 amide bonds. The summed E-state index contributed by atoms with van der Waals surface area (Å²) in [6, 6.07) is 7.84. The lowest BCUT2D eigenvalue weighted by Gasteiger charge is -2.00. The molecule has 0 saturated carbocycles. The molecule has 0 atom stereocenters. The van der Waals surface area contributed by atoms with Gasteiger partial charge in [0.15, 0.2) is 0 Å². The Morgan fingerprint density at radius 1 is 1.40 bits per heavy atom. The lowest BCUT2D eigenvalue weighted by atomic mass is 10.1. The van der Waals surface area contributed by atoms with Gasteiger partial charge in [0.1, 0.15) is 0 Å². The minimum absolute atomic E-state index is 0.658. The van der Waals surface area contributed by atoms with Crippen molar-refractivity contribution in [2.45, 2.75) is 6.92 Å². The molecule has 0 spiro atoms. The minimum Gasteiger partial charge on any atom is -0.399 e. The van der Waals surface area contributed by atoms with Crippen molar-refractivity contribution in [3.05, 3.63) is 48.1 Å². The van der Waals surface area contributed by atoms with Crippen LogP contribution in [0.2, 0.25) is 0 Å². The van der Waals surface area contributed by atoms with Gasteiger partial charge in [-0.05, 0) is 36.9 Å². The van der Waals surface area contributed by atoms with Crippen LogP contribution < -0.4 is 5.73 Å². The van der Waals surface area contributed by atoms with Crippen LogP contribution >= 0.6 is 0 Å². The van der Waals surface area contributed by atoms with Crippen molar-refractivity contribution in [2.75, 3.05) is 12.3 Å². The van der Waals surface area contributed by atoms with Gasteiger partial charge < -0.3 is 5.73 Å². The molecule has 0 unspecified atom stereocenters. The summed E-state index contributed by atoms with van der Waals surface area (Å²) in [5.74, 6) is 0. The van der Waals surface area contributed by atoms with Crippen molar-refractivity contribution >= 4 is 18.0 Å². The van der Waals surface area contributed by atoms with Crippen LogP contribution in [0.15, 0.2) is 47.5 Å². The number of nitrogens with two attached hydrogens (primary N) is 1. The first-order valence-electron chi connectivity index (χ1n) is 4.86. The maximum atomic E-state index is 5.61. The SMILES string of the molecule is C=NC/C=C\C=C(/C)c1ccc(N)cc1. The molecule has 2 heteroatoms. The van der Waals surface area contributed by atoms with E-state index in [9.17, 15) is 0 Å². The largest absolute Gasteiger partial charge is 0.399 e. The molecule has 0 bridgehead atoms. The van der Waals surface area contributed by atoms with E-state index in [0.29, 0.717) is 6.54 Å². The Bertz CT molecular complexity index is 372. The van der Waals surface area contributed by atoms with E-state index < -0.39 is 0 Å². The molecule has 0 fully saturated rings. The molecule has 2 N–H and O–H groups in total. The average Bonchev–Trinajstić information content (AvgIpc) is 2.25. The van der Waals surface area contributed by atoms with Crippen LogP contribution in [0.4, 0.5) is 5.69 Å². The number of hydrogen-bond donors (Lipinski definition) is 1. The average molecular weight is 200 g/mol. The second-order valence-corrected chi connectivity index (χ2v) is 3.31. The summed E-state index contributed by atoms with van der Waals surface area (Å²) < 4.78 is 0. The Labute approximate surface area is 90.8 Å². The van der Waals surface area contributed by atoms with Crippen molar-refractivity contribution in [3.63, 3.8) is 0 Å². The van der Waals surface area contributed by atoms with Crippen LogP contribution in [0.3, 0.4) is 0 Å². The molecule has 78 valence electrons. The maximum Gasteiger partial charge on any atom is 0.0566 e. The third-order valence-electron chi connectivity index (χ3n) is 2.08. The summed E-state index contributed by atoms with van der Waals surface area (Å²) in [5, 5.41) is 0. The number of hydrogen-bond acceptors (Lipinski definition) is 2. The van der Waals surface area contributed by atoms with Gasteiger partial charge in [0.2, 0.25) is 0 Å². The monoisotopic (exact) mass is 200 g/mol. The Morgan fingerprint density at radius 2 is 2.07 bits per heavy atom. The number of aliphatic imine (C=N–C) groups is 1. The van der Waals surface area contributed by atoms with E-state index in [4.69, 9.17) is 5.73 Å². The zero-order valence-electron chi connectivity index (χ0n) is 8.98. The number of nitrogens with zero attached hydrogens (tertiary/aromatic N) is 1.